The number of anilines is 1. The summed E-state index contributed by atoms with van der Waals surface area (Å²) >= 11 is 0. The highest BCUT2D eigenvalue weighted by Gasteiger charge is 2.63. The molecule has 8 heteroatoms. The summed E-state index contributed by atoms with van der Waals surface area (Å²) in [7, 11) is 0. The third-order valence-electron chi connectivity index (χ3n) is 2.13. The van der Waals surface area contributed by atoms with E-state index in [0.29, 0.717) is 5.75 Å². The van der Waals surface area contributed by atoms with Crippen LogP contribution in [-0.4, -0.2) is 24.1 Å². The SMILES string of the molecule is CC(C)Oc1ccc(NC(=O)C(F)(F)C(F)(F)F)cc1. The number of halogens is 5. The lowest BCUT2D eigenvalue weighted by Crippen LogP contribution is -2.47. The lowest BCUT2D eigenvalue weighted by molar-refractivity contribution is -0.267. The third-order valence-corrected chi connectivity index (χ3v) is 2.13. The van der Waals surface area contributed by atoms with Crippen molar-refractivity contribution in [1.82, 2.24) is 0 Å². The second-order valence-corrected chi connectivity index (χ2v) is 4.22. The van der Waals surface area contributed by atoms with Crippen molar-refractivity contribution in [1.29, 1.82) is 0 Å². The van der Waals surface area contributed by atoms with Crippen molar-refractivity contribution < 1.29 is 31.5 Å². The lowest BCUT2D eigenvalue weighted by atomic mass is 10.2. The molecule has 0 radical (unpaired) electrons. The zero-order valence-corrected chi connectivity index (χ0v) is 10.6. The van der Waals surface area contributed by atoms with Crippen LogP contribution in [0.25, 0.3) is 0 Å². The molecule has 0 saturated heterocycles. The van der Waals surface area contributed by atoms with E-state index in [1.165, 1.54) is 29.6 Å². The van der Waals surface area contributed by atoms with Gasteiger partial charge in [-0.25, -0.2) is 0 Å². The lowest BCUT2D eigenvalue weighted by Gasteiger charge is -2.18. The van der Waals surface area contributed by atoms with Crippen LogP contribution in [0.2, 0.25) is 0 Å². The number of alkyl halides is 5. The molecule has 20 heavy (non-hydrogen) atoms. The van der Waals surface area contributed by atoms with Gasteiger partial charge in [-0.3, -0.25) is 4.79 Å². The summed E-state index contributed by atoms with van der Waals surface area (Å²) in [5, 5.41) is 1.50. The molecule has 0 aliphatic rings. The molecule has 1 aromatic rings. The molecule has 1 N–H and O–H groups in total. The van der Waals surface area contributed by atoms with Gasteiger partial charge in [0.15, 0.2) is 0 Å². The van der Waals surface area contributed by atoms with Crippen LogP contribution in [-0.2, 0) is 4.79 Å². The van der Waals surface area contributed by atoms with Crippen molar-refractivity contribution in [3.63, 3.8) is 0 Å². The topological polar surface area (TPSA) is 38.3 Å². The standard InChI is InChI=1S/C12H12F5NO2/c1-7(2)20-9-5-3-8(4-6-9)18-10(19)11(13,14)12(15,16)17/h3-7H,1-2H3,(H,18,19). The summed E-state index contributed by atoms with van der Waals surface area (Å²) in [5.74, 6) is -7.47. The van der Waals surface area contributed by atoms with Crippen molar-refractivity contribution in [2.45, 2.75) is 32.1 Å². The summed E-state index contributed by atoms with van der Waals surface area (Å²) in [6.07, 6.45) is -6.05. The molecule has 0 atom stereocenters. The van der Waals surface area contributed by atoms with Crippen LogP contribution in [0.5, 0.6) is 5.75 Å². The van der Waals surface area contributed by atoms with Gasteiger partial charge in [-0.1, -0.05) is 0 Å². The van der Waals surface area contributed by atoms with E-state index >= 15 is 0 Å². The Hall–Kier alpha value is -1.86. The molecule has 0 heterocycles. The summed E-state index contributed by atoms with van der Waals surface area (Å²) in [6, 6.07) is 5.03. The van der Waals surface area contributed by atoms with Crippen molar-refractivity contribution in [3.8, 4) is 5.75 Å². The first-order chi connectivity index (χ1) is 9.04. The first-order valence-electron chi connectivity index (χ1n) is 5.56. The zero-order valence-electron chi connectivity index (χ0n) is 10.6. The van der Waals surface area contributed by atoms with E-state index in [0.717, 1.165) is 0 Å². The zero-order chi connectivity index (χ0) is 15.6. The van der Waals surface area contributed by atoms with Crippen LogP contribution in [0.4, 0.5) is 27.6 Å². The van der Waals surface area contributed by atoms with E-state index in [1.807, 2.05) is 0 Å². The molecule has 0 saturated carbocycles. The molecule has 3 nitrogen and oxygen atoms in total. The molecule has 0 aliphatic carbocycles. The van der Waals surface area contributed by atoms with E-state index < -0.39 is 18.0 Å². The number of nitrogens with one attached hydrogen (secondary N) is 1. The molecule has 0 bridgehead atoms. The second kappa shape index (κ2) is 5.64. The average Bonchev–Trinajstić information content (AvgIpc) is 2.29. The number of benzene rings is 1. The Balaban J connectivity index is 2.77. The Labute approximate surface area is 111 Å². The average molecular weight is 297 g/mol. The number of hydrogen-bond acceptors (Lipinski definition) is 2. The molecular weight excluding hydrogens is 285 g/mol. The van der Waals surface area contributed by atoms with Gasteiger partial charge in [-0.05, 0) is 38.1 Å². The highest BCUT2D eigenvalue weighted by molar-refractivity contribution is 5.96. The molecule has 112 valence electrons. The van der Waals surface area contributed by atoms with E-state index in [2.05, 4.69) is 0 Å². The fourth-order valence-electron chi connectivity index (χ4n) is 1.23. The molecular formula is C12H12F5NO2. The van der Waals surface area contributed by atoms with Crippen molar-refractivity contribution in [2.24, 2.45) is 0 Å². The molecule has 0 aliphatic heterocycles. The molecule has 0 unspecified atom stereocenters. The Bertz CT molecular complexity index is 468. The van der Waals surface area contributed by atoms with Crippen molar-refractivity contribution >= 4 is 11.6 Å². The highest BCUT2D eigenvalue weighted by atomic mass is 19.4. The van der Waals surface area contributed by atoms with E-state index in [-0.39, 0.29) is 11.8 Å². The maximum atomic E-state index is 12.7. The maximum Gasteiger partial charge on any atom is 0.463 e. The Kier molecular flexibility index (Phi) is 4.57. The van der Waals surface area contributed by atoms with Gasteiger partial charge >= 0.3 is 18.0 Å². The van der Waals surface area contributed by atoms with Crippen LogP contribution in [0.1, 0.15) is 13.8 Å². The third kappa shape index (κ3) is 3.82. The quantitative estimate of drug-likeness (QED) is 0.862. The van der Waals surface area contributed by atoms with Crippen LogP contribution < -0.4 is 10.1 Å². The number of hydrogen-bond donors (Lipinski definition) is 1. The summed E-state index contributed by atoms with van der Waals surface area (Å²) < 4.78 is 66.5. The number of rotatable bonds is 4. The second-order valence-electron chi connectivity index (χ2n) is 4.22. The minimum atomic E-state index is -5.93. The molecule has 1 amide bonds. The van der Waals surface area contributed by atoms with Gasteiger partial charge in [0.05, 0.1) is 6.10 Å². The summed E-state index contributed by atoms with van der Waals surface area (Å²) in [6.45, 7) is 3.53. The first-order valence-corrected chi connectivity index (χ1v) is 5.56. The molecule has 0 fully saturated rings. The van der Waals surface area contributed by atoms with Gasteiger partial charge in [0.2, 0.25) is 0 Å². The Morgan fingerprint density at radius 3 is 2.00 bits per heavy atom. The predicted octanol–water partition coefficient (Wildman–Crippen LogP) is 3.61. The van der Waals surface area contributed by atoms with E-state index in [1.54, 1.807) is 13.8 Å². The maximum absolute atomic E-state index is 12.7. The summed E-state index contributed by atoms with van der Waals surface area (Å²) in [5.41, 5.74) is -0.185. The van der Waals surface area contributed by atoms with Crippen LogP contribution in [0.15, 0.2) is 24.3 Å². The van der Waals surface area contributed by atoms with Crippen LogP contribution in [0.3, 0.4) is 0 Å². The first kappa shape index (κ1) is 16.2. The molecule has 0 spiro atoms. The Morgan fingerprint density at radius 2 is 1.60 bits per heavy atom. The van der Waals surface area contributed by atoms with E-state index in [4.69, 9.17) is 4.74 Å². The highest BCUT2D eigenvalue weighted by Crippen LogP contribution is 2.36. The number of carbonyl (C=O) groups is 1. The fourth-order valence-corrected chi connectivity index (χ4v) is 1.23. The minimum absolute atomic E-state index is 0.120. The fraction of sp³-hybridized carbons (Fsp3) is 0.417. The minimum Gasteiger partial charge on any atom is -0.491 e. The number of carbonyl (C=O) groups excluding carboxylic acids is 1. The van der Waals surface area contributed by atoms with Gasteiger partial charge in [0, 0.05) is 5.69 Å². The molecule has 0 aromatic heterocycles. The van der Waals surface area contributed by atoms with Gasteiger partial charge in [0.25, 0.3) is 0 Å². The Morgan fingerprint density at radius 1 is 1.10 bits per heavy atom. The smallest absolute Gasteiger partial charge is 0.463 e. The van der Waals surface area contributed by atoms with Gasteiger partial charge in [-0.15, -0.1) is 0 Å². The van der Waals surface area contributed by atoms with Crippen molar-refractivity contribution in [3.05, 3.63) is 24.3 Å². The van der Waals surface area contributed by atoms with Crippen molar-refractivity contribution in [2.75, 3.05) is 5.32 Å². The molecule has 1 aromatic carbocycles. The van der Waals surface area contributed by atoms with Gasteiger partial charge in [0.1, 0.15) is 5.75 Å². The summed E-state index contributed by atoms with van der Waals surface area (Å²) in [4.78, 5) is 10.9. The predicted molar refractivity (Wildman–Crippen MR) is 61.8 cm³/mol. The van der Waals surface area contributed by atoms with Crippen LogP contribution in [0, 0.1) is 0 Å². The largest absolute Gasteiger partial charge is 0.491 e. The van der Waals surface area contributed by atoms with Gasteiger partial charge < -0.3 is 10.1 Å². The van der Waals surface area contributed by atoms with Crippen LogP contribution >= 0.6 is 0 Å². The number of amides is 1. The van der Waals surface area contributed by atoms with Gasteiger partial charge in [-0.2, -0.15) is 22.0 Å². The number of ether oxygens (including phenoxy) is 1. The molecule has 1 rings (SSSR count). The monoisotopic (exact) mass is 297 g/mol. The normalized spacial score (nSPS) is 12.4. The van der Waals surface area contributed by atoms with E-state index in [9.17, 15) is 26.7 Å².